The number of carbonyl (C=O) groups excluding carboxylic acids is 2. The fraction of sp³-hybridized carbons (Fsp3) is 0.382. The summed E-state index contributed by atoms with van der Waals surface area (Å²) in [5.41, 5.74) is 1.26. The fourth-order valence-electron chi connectivity index (χ4n) is 5.73. The van der Waals surface area contributed by atoms with Crippen molar-refractivity contribution in [1.29, 1.82) is 5.26 Å². The number of hydrogen-bond donors (Lipinski definition) is 2. The topological polar surface area (TPSA) is 148 Å². The van der Waals surface area contributed by atoms with Crippen LogP contribution in [0.3, 0.4) is 0 Å². The molecule has 1 aliphatic carbocycles. The van der Waals surface area contributed by atoms with Gasteiger partial charge in [-0.15, -0.1) is 0 Å². The number of amides is 1. The molecule has 1 fully saturated rings. The van der Waals surface area contributed by atoms with Crippen LogP contribution in [0.5, 0.6) is 5.75 Å². The van der Waals surface area contributed by atoms with E-state index < -0.39 is 35.4 Å². The zero-order valence-electron chi connectivity index (χ0n) is 25.3. The van der Waals surface area contributed by atoms with Crippen LogP contribution in [0.4, 0.5) is 5.69 Å². The monoisotopic (exact) mass is 633 g/mol. The van der Waals surface area contributed by atoms with Crippen LogP contribution < -0.4 is 15.6 Å². The summed E-state index contributed by atoms with van der Waals surface area (Å²) in [7, 11) is 1.43. The quantitative estimate of drug-likeness (QED) is 0.216. The second kappa shape index (κ2) is 15.4. The molecule has 3 aromatic rings. The minimum Gasteiger partial charge on any atom is -0.495 e. The summed E-state index contributed by atoms with van der Waals surface area (Å²) in [5, 5.41) is 22.3. The molecule has 4 rings (SSSR count). The number of carboxylic acids is 1. The Morgan fingerprint density at radius 1 is 1.09 bits per heavy atom. The number of nitrogens with zero attached hydrogens (tertiary/aromatic N) is 2. The summed E-state index contributed by atoms with van der Waals surface area (Å²) in [6.07, 6.45) is 7.59. The highest BCUT2D eigenvalue weighted by Crippen LogP contribution is 2.34. The van der Waals surface area contributed by atoms with Gasteiger partial charge in [-0.3, -0.25) is 19.0 Å². The van der Waals surface area contributed by atoms with E-state index in [2.05, 4.69) is 11.4 Å². The molecule has 0 spiro atoms. The lowest BCUT2D eigenvalue weighted by molar-refractivity contribution is -0.144. The average Bonchev–Trinajstić information content (AvgIpc) is 3.04. The van der Waals surface area contributed by atoms with E-state index in [-0.39, 0.29) is 24.3 Å². The molecule has 0 saturated heterocycles. The molecule has 11 heteroatoms. The average molecular weight is 634 g/mol. The first kappa shape index (κ1) is 33.3. The number of nitriles is 1. The number of esters is 1. The van der Waals surface area contributed by atoms with Gasteiger partial charge in [0, 0.05) is 27.9 Å². The van der Waals surface area contributed by atoms with Crippen molar-refractivity contribution in [3.8, 4) is 22.9 Å². The van der Waals surface area contributed by atoms with Crippen LogP contribution in [0.2, 0.25) is 5.02 Å². The van der Waals surface area contributed by atoms with E-state index in [0.29, 0.717) is 39.7 Å². The number of aromatic nitrogens is 1. The second-order valence-electron chi connectivity index (χ2n) is 11.2. The molecule has 1 heterocycles. The third-order valence-corrected chi connectivity index (χ3v) is 8.41. The van der Waals surface area contributed by atoms with Crippen molar-refractivity contribution in [3.05, 3.63) is 81.2 Å². The number of anilines is 1. The summed E-state index contributed by atoms with van der Waals surface area (Å²) in [6, 6.07) is 13.3. The first-order valence-corrected chi connectivity index (χ1v) is 15.3. The van der Waals surface area contributed by atoms with Gasteiger partial charge in [-0.2, -0.15) is 5.26 Å². The van der Waals surface area contributed by atoms with Crippen molar-refractivity contribution in [1.82, 2.24) is 4.57 Å². The van der Waals surface area contributed by atoms with Crippen molar-refractivity contribution in [2.24, 2.45) is 11.8 Å². The smallest absolute Gasteiger partial charge is 0.338 e. The van der Waals surface area contributed by atoms with Crippen molar-refractivity contribution in [2.75, 3.05) is 19.0 Å². The van der Waals surface area contributed by atoms with E-state index in [4.69, 9.17) is 21.1 Å². The highest BCUT2D eigenvalue weighted by molar-refractivity contribution is 6.31. The standard InChI is InChI=1S/C34H36ClN3O7/c1-3-29(38-19-30(44-2)28(17-31(38)39)27-16-25(35)12-9-23(27)18-36)32(40)37-26-13-10-22(11-14-26)34(43)45-20-24(33(41)42)15-21-7-5-4-6-8-21/h9-14,16-17,19,21,24,29H,3-8,15,20H2,1-2H3,(H,37,40)(H,41,42)/t24-,29?/m0/s1. The van der Waals surface area contributed by atoms with Crippen LogP contribution in [-0.4, -0.2) is 41.2 Å². The lowest BCUT2D eigenvalue weighted by Crippen LogP contribution is -2.32. The number of ether oxygens (including phenoxy) is 2. The highest BCUT2D eigenvalue weighted by Gasteiger charge is 2.26. The lowest BCUT2D eigenvalue weighted by Gasteiger charge is -2.24. The predicted molar refractivity (Wildman–Crippen MR) is 169 cm³/mol. The van der Waals surface area contributed by atoms with Gasteiger partial charge in [-0.25, -0.2) is 4.79 Å². The Morgan fingerprint density at radius 2 is 1.80 bits per heavy atom. The van der Waals surface area contributed by atoms with Gasteiger partial charge in [-0.1, -0.05) is 50.6 Å². The molecule has 2 aromatic carbocycles. The Labute approximate surface area is 266 Å². The Bertz CT molecular complexity index is 1640. The zero-order valence-corrected chi connectivity index (χ0v) is 26.0. The molecular formula is C34H36ClN3O7. The molecule has 1 amide bonds. The van der Waals surface area contributed by atoms with Gasteiger partial charge in [0.25, 0.3) is 5.56 Å². The van der Waals surface area contributed by atoms with E-state index in [1.165, 1.54) is 54.6 Å². The van der Waals surface area contributed by atoms with E-state index in [9.17, 15) is 29.5 Å². The Balaban J connectivity index is 1.44. The SMILES string of the molecule is CCC(C(=O)Nc1ccc(C(=O)OC[C@H](CC2CCCCC2)C(=O)O)cc1)n1cc(OC)c(-c2cc(Cl)ccc2C#N)cc1=O. The number of carboxylic acid groups (broad SMARTS) is 1. The van der Waals surface area contributed by atoms with Crippen LogP contribution >= 0.6 is 11.6 Å². The van der Waals surface area contributed by atoms with Crippen molar-refractivity contribution in [2.45, 2.75) is 57.9 Å². The minimum absolute atomic E-state index is 0.201. The van der Waals surface area contributed by atoms with Crippen LogP contribution in [0.25, 0.3) is 11.1 Å². The molecule has 1 unspecified atom stereocenters. The second-order valence-corrected chi connectivity index (χ2v) is 11.6. The van der Waals surface area contributed by atoms with Gasteiger partial charge in [0.2, 0.25) is 5.91 Å². The summed E-state index contributed by atoms with van der Waals surface area (Å²) < 4.78 is 12.1. The number of carbonyl (C=O) groups is 3. The highest BCUT2D eigenvalue weighted by atomic mass is 35.5. The Hall–Kier alpha value is -4.62. The molecular weight excluding hydrogens is 598 g/mol. The number of halogens is 1. The van der Waals surface area contributed by atoms with Crippen molar-refractivity contribution >= 4 is 35.1 Å². The third kappa shape index (κ3) is 8.31. The third-order valence-electron chi connectivity index (χ3n) is 8.18. The van der Waals surface area contributed by atoms with Crippen molar-refractivity contribution in [3.63, 3.8) is 0 Å². The number of aliphatic carboxylic acids is 1. The summed E-state index contributed by atoms with van der Waals surface area (Å²) in [5.74, 6) is -2.21. The van der Waals surface area contributed by atoms with E-state index in [1.807, 2.05) is 0 Å². The van der Waals surface area contributed by atoms with Gasteiger partial charge >= 0.3 is 11.9 Å². The van der Waals surface area contributed by atoms with Gasteiger partial charge in [0.05, 0.1) is 36.4 Å². The predicted octanol–water partition coefficient (Wildman–Crippen LogP) is 6.47. The van der Waals surface area contributed by atoms with E-state index in [0.717, 1.165) is 25.7 Å². The molecule has 1 saturated carbocycles. The maximum absolute atomic E-state index is 13.3. The molecule has 45 heavy (non-hydrogen) atoms. The fourth-order valence-corrected chi connectivity index (χ4v) is 5.90. The zero-order chi connectivity index (χ0) is 32.5. The number of rotatable bonds is 12. The normalized spacial score (nSPS) is 14.5. The maximum atomic E-state index is 13.3. The van der Waals surface area contributed by atoms with Crippen LogP contribution in [0.1, 0.15) is 73.8 Å². The molecule has 0 bridgehead atoms. The molecule has 2 atom stereocenters. The van der Waals surface area contributed by atoms with Crippen molar-refractivity contribution < 1.29 is 29.0 Å². The van der Waals surface area contributed by atoms with Crippen LogP contribution in [0.15, 0.2) is 59.5 Å². The molecule has 236 valence electrons. The maximum Gasteiger partial charge on any atom is 0.338 e. The Kier molecular flexibility index (Phi) is 11.4. The molecule has 2 N–H and O–H groups in total. The van der Waals surface area contributed by atoms with E-state index >= 15 is 0 Å². The van der Waals surface area contributed by atoms with E-state index in [1.54, 1.807) is 25.1 Å². The molecule has 10 nitrogen and oxygen atoms in total. The summed E-state index contributed by atoms with van der Waals surface area (Å²) in [4.78, 5) is 50.9. The number of pyridine rings is 1. The molecule has 0 radical (unpaired) electrons. The molecule has 1 aliphatic rings. The first-order valence-electron chi connectivity index (χ1n) is 15.0. The van der Waals surface area contributed by atoms with Gasteiger partial charge in [0.15, 0.2) is 0 Å². The summed E-state index contributed by atoms with van der Waals surface area (Å²) >= 11 is 6.15. The minimum atomic E-state index is -0.973. The molecule has 0 aliphatic heterocycles. The van der Waals surface area contributed by atoms with Gasteiger partial charge in [0.1, 0.15) is 18.4 Å². The van der Waals surface area contributed by atoms with Crippen LogP contribution in [0, 0.1) is 23.2 Å². The number of benzene rings is 2. The molecule has 1 aromatic heterocycles. The number of nitrogens with one attached hydrogen (secondary N) is 1. The largest absolute Gasteiger partial charge is 0.495 e. The summed E-state index contributed by atoms with van der Waals surface area (Å²) in [6.45, 7) is 1.56. The van der Waals surface area contributed by atoms with Crippen LogP contribution in [-0.2, 0) is 14.3 Å². The van der Waals surface area contributed by atoms with Gasteiger partial charge < -0.3 is 19.9 Å². The lowest BCUT2D eigenvalue weighted by atomic mass is 9.83. The number of hydrogen-bond acceptors (Lipinski definition) is 7. The number of methoxy groups -OCH3 is 1. The van der Waals surface area contributed by atoms with Gasteiger partial charge in [-0.05, 0) is 61.2 Å². The first-order chi connectivity index (χ1) is 21.6. The Morgan fingerprint density at radius 3 is 2.42 bits per heavy atom.